The zero-order valence-electron chi connectivity index (χ0n) is 11.6. The molecule has 0 radical (unpaired) electrons. The molecule has 0 saturated carbocycles. The van der Waals surface area contributed by atoms with Gasteiger partial charge in [-0.2, -0.15) is 0 Å². The second kappa shape index (κ2) is 7.41. The molecular weight excluding hydrogens is 340 g/mol. The number of anilines is 1. The Morgan fingerprint density at radius 2 is 1.95 bits per heavy atom. The van der Waals surface area contributed by atoms with Crippen molar-refractivity contribution in [3.63, 3.8) is 0 Å². The molecule has 112 valence electrons. The van der Waals surface area contributed by atoms with Crippen LogP contribution in [0.5, 0.6) is 5.75 Å². The first-order valence-corrected chi connectivity index (χ1v) is 7.49. The second-order valence-electron chi connectivity index (χ2n) is 4.58. The normalized spacial score (nSPS) is 10.5. The molecule has 0 amide bonds. The lowest BCUT2D eigenvalue weighted by Gasteiger charge is -2.13. The molecule has 5 heteroatoms. The van der Waals surface area contributed by atoms with Gasteiger partial charge in [-0.25, -0.2) is 8.78 Å². The summed E-state index contributed by atoms with van der Waals surface area (Å²) in [6.07, 6.45) is 0.904. The Kier molecular flexibility index (Phi) is 5.56. The Bertz CT molecular complexity index is 619. The van der Waals surface area contributed by atoms with Gasteiger partial charge in [0.2, 0.25) is 0 Å². The Hall–Kier alpha value is -1.62. The second-order valence-corrected chi connectivity index (χ2v) is 5.49. The van der Waals surface area contributed by atoms with Gasteiger partial charge in [0, 0.05) is 16.6 Å². The zero-order chi connectivity index (χ0) is 15.2. The van der Waals surface area contributed by atoms with Gasteiger partial charge in [-0.05, 0) is 42.8 Å². The molecule has 0 fully saturated rings. The van der Waals surface area contributed by atoms with Crippen molar-refractivity contribution in [1.29, 1.82) is 0 Å². The van der Waals surface area contributed by atoms with E-state index in [-0.39, 0.29) is 5.69 Å². The molecule has 0 spiro atoms. The van der Waals surface area contributed by atoms with E-state index in [0.717, 1.165) is 40.4 Å². The molecule has 2 rings (SSSR count). The SMILES string of the molecule is CCCOc1ccc(Br)cc1CNc1cc(F)ccc1F. The van der Waals surface area contributed by atoms with Gasteiger partial charge in [0.05, 0.1) is 12.3 Å². The van der Waals surface area contributed by atoms with E-state index >= 15 is 0 Å². The minimum atomic E-state index is -0.484. The smallest absolute Gasteiger partial charge is 0.146 e. The minimum absolute atomic E-state index is 0.136. The Balaban J connectivity index is 2.14. The zero-order valence-corrected chi connectivity index (χ0v) is 13.2. The fourth-order valence-corrected chi connectivity index (χ4v) is 2.27. The Morgan fingerprint density at radius 1 is 1.14 bits per heavy atom. The highest BCUT2D eigenvalue weighted by Gasteiger charge is 2.07. The van der Waals surface area contributed by atoms with Crippen LogP contribution in [0, 0.1) is 11.6 Å². The minimum Gasteiger partial charge on any atom is -0.493 e. The van der Waals surface area contributed by atoms with Gasteiger partial charge < -0.3 is 10.1 Å². The summed E-state index contributed by atoms with van der Waals surface area (Å²) in [4.78, 5) is 0. The van der Waals surface area contributed by atoms with E-state index in [1.54, 1.807) is 0 Å². The lowest BCUT2D eigenvalue weighted by molar-refractivity contribution is 0.314. The molecule has 2 aromatic rings. The number of hydrogen-bond donors (Lipinski definition) is 1. The molecule has 2 aromatic carbocycles. The highest BCUT2D eigenvalue weighted by Crippen LogP contribution is 2.25. The highest BCUT2D eigenvalue weighted by atomic mass is 79.9. The van der Waals surface area contributed by atoms with Crippen LogP contribution in [0.1, 0.15) is 18.9 Å². The standard InChI is InChI=1S/C16H16BrF2NO/c1-2-7-21-16-6-3-12(17)8-11(16)10-20-15-9-13(18)4-5-14(15)19/h3-6,8-9,20H,2,7,10H2,1H3. The summed E-state index contributed by atoms with van der Waals surface area (Å²) < 4.78 is 33.3. The van der Waals surface area contributed by atoms with Crippen molar-refractivity contribution in [2.24, 2.45) is 0 Å². The van der Waals surface area contributed by atoms with Crippen LogP contribution in [-0.4, -0.2) is 6.61 Å². The molecule has 0 aromatic heterocycles. The Labute approximate surface area is 131 Å². The molecule has 21 heavy (non-hydrogen) atoms. The van der Waals surface area contributed by atoms with Gasteiger partial charge in [-0.1, -0.05) is 22.9 Å². The van der Waals surface area contributed by atoms with E-state index in [0.29, 0.717) is 13.2 Å². The number of rotatable bonds is 6. The summed E-state index contributed by atoms with van der Waals surface area (Å²) in [5, 5.41) is 2.90. The van der Waals surface area contributed by atoms with Crippen molar-refractivity contribution in [3.8, 4) is 5.75 Å². The first-order chi connectivity index (χ1) is 10.1. The maximum absolute atomic E-state index is 13.6. The van der Waals surface area contributed by atoms with Crippen molar-refractivity contribution in [2.75, 3.05) is 11.9 Å². The predicted molar refractivity (Wildman–Crippen MR) is 83.6 cm³/mol. The topological polar surface area (TPSA) is 21.3 Å². The maximum Gasteiger partial charge on any atom is 0.146 e. The van der Waals surface area contributed by atoms with Crippen LogP contribution in [0.25, 0.3) is 0 Å². The van der Waals surface area contributed by atoms with Crippen LogP contribution in [-0.2, 0) is 6.54 Å². The van der Waals surface area contributed by atoms with E-state index in [4.69, 9.17) is 4.74 Å². The third kappa shape index (κ3) is 4.43. The highest BCUT2D eigenvalue weighted by molar-refractivity contribution is 9.10. The predicted octanol–water partition coefficient (Wildman–Crippen LogP) is 5.13. The summed E-state index contributed by atoms with van der Waals surface area (Å²) in [6, 6.07) is 8.98. The fraction of sp³-hybridized carbons (Fsp3) is 0.250. The fourth-order valence-electron chi connectivity index (χ4n) is 1.86. The van der Waals surface area contributed by atoms with Crippen molar-refractivity contribution in [3.05, 3.63) is 58.1 Å². The number of ether oxygens (including phenoxy) is 1. The number of benzene rings is 2. The van der Waals surface area contributed by atoms with Crippen molar-refractivity contribution >= 4 is 21.6 Å². The van der Waals surface area contributed by atoms with E-state index < -0.39 is 11.6 Å². The van der Waals surface area contributed by atoms with Gasteiger partial charge in [0.25, 0.3) is 0 Å². The van der Waals surface area contributed by atoms with Crippen molar-refractivity contribution < 1.29 is 13.5 Å². The van der Waals surface area contributed by atoms with Crippen molar-refractivity contribution in [2.45, 2.75) is 19.9 Å². The number of halogens is 3. The Morgan fingerprint density at radius 3 is 2.71 bits per heavy atom. The average molecular weight is 356 g/mol. The van der Waals surface area contributed by atoms with Crippen LogP contribution in [0.2, 0.25) is 0 Å². The average Bonchev–Trinajstić information content (AvgIpc) is 2.47. The summed E-state index contributed by atoms with van der Waals surface area (Å²) >= 11 is 3.40. The van der Waals surface area contributed by atoms with Crippen molar-refractivity contribution in [1.82, 2.24) is 0 Å². The first-order valence-electron chi connectivity index (χ1n) is 6.70. The summed E-state index contributed by atoms with van der Waals surface area (Å²) in [5.41, 5.74) is 1.01. The van der Waals surface area contributed by atoms with Gasteiger partial charge >= 0.3 is 0 Å². The van der Waals surface area contributed by atoms with Gasteiger partial charge in [0.15, 0.2) is 0 Å². The molecule has 0 aliphatic rings. The lowest BCUT2D eigenvalue weighted by atomic mass is 10.2. The molecule has 0 heterocycles. The van der Waals surface area contributed by atoms with E-state index in [2.05, 4.69) is 21.2 Å². The number of nitrogens with one attached hydrogen (secondary N) is 1. The first kappa shape index (κ1) is 15.8. The molecule has 1 N–H and O–H groups in total. The molecule has 2 nitrogen and oxygen atoms in total. The van der Waals surface area contributed by atoms with Gasteiger partial charge in [0.1, 0.15) is 17.4 Å². The molecule has 0 bridgehead atoms. The lowest BCUT2D eigenvalue weighted by Crippen LogP contribution is -2.05. The molecule has 0 aliphatic carbocycles. The quantitative estimate of drug-likeness (QED) is 0.775. The monoisotopic (exact) mass is 355 g/mol. The summed E-state index contributed by atoms with van der Waals surface area (Å²) in [6.45, 7) is 2.99. The van der Waals surface area contributed by atoms with Gasteiger partial charge in [-0.3, -0.25) is 0 Å². The summed E-state index contributed by atoms with van der Waals surface area (Å²) in [5.74, 6) is -0.220. The van der Waals surface area contributed by atoms with E-state index in [9.17, 15) is 8.78 Å². The molecule has 0 aliphatic heterocycles. The van der Waals surface area contributed by atoms with Gasteiger partial charge in [-0.15, -0.1) is 0 Å². The molecule has 0 atom stereocenters. The molecule has 0 unspecified atom stereocenters. The summed E-state index contributed by atoms with van der Waals surface area (Å²) in [7, 11) is 0. The molecular formula is C16H16BrF2NO. The number of hydrogen-bond acceptors (Lipinski definition) is 2. The van der Waals surface area contributed by atoms with Crippen LogP contribution < -0.4 is 10.1 Å². The largest absolute Gasteiger partial charge is 0.493 e. The van der Waals surface area contributed by atoms with Crippen LogP contribution in [0.3, 0.4) is 0 Å². The van der Waals surface area contributed by atoms with Crippen LogP contribution >= 0.6 is 15.9 Å². The third-order valence-electron chi connectivity index (χ3n) is 2.88. The van der Waals surface area contributed by atoms with Crippen LogP contribution in [0.4, 0.5) is 14.5 Å². The maximum atomic E-state index is 13.6. The molecule has 0 saturated heterocycles. The van der Waals surface area contributed by atoms with E-state index in [1.165, 1.54) is 0 Å². The van der Waals surface area contributed by atoms with E-state index in [1.807, 2.05) is 25.1 Å². The van der Waals surface area contributed by atoms with Crippen LogP contribution in [0.15, 0.2) is 40.9 Å². The third-order valence-corrected chi connectivity index (χ3v) is 3.38.